The Hall–Kier alpha value is -2.40. The van der Waals surface area contributed by atoms with Gasteiger partial charge in [-0.05, 0) is 24.6 Å². The fourth-order valence-corrected chi connectivity index (χ4v) is 2.90. The van der Waals surface area contributed by atoms with E-state index < -0.39 is 0 Å². The third-order valence-electron chi connectivity index (χ3n) is 3.10. The van der Waals surface area contributed by atoms with E-state index in [0.29, 0.717) is 12.3 Å². The summed E-state index contributed by atoms with van der Waals surface area (Å²) in [6.07, 6.45) is 1.48. The number of benzene rings is 1. The van der Waals surface area contributed by atoms with Crippen molar-refractivity contribution in [2.45, 2.75) is 13.5 Å². The van der Waals surface area contributed by atoms with E-state index in [9.17, 15) is 4.79 Å². The molecule has 0 aliphatic rings. The zero-order valence-corrected chi connectivity index (χ0v) is 12.3. The molecule has 106 valence electrons. The molecule has 0 unspecified atom stereocenters. The van der Waals surface area contributed by atoms with Crippen molar-refractivity contribution < 1.29 is 9.21 Å². The van der Waals surface area contributed by atoms with Crippen LogP contribution in [0.1, 0.15) is 21.8 Å². The van der Waals surface area contributed by atoms with Crippen LogP contribution >= 0.6 is 11.3 Å². The van der Waals surface area contributed by atoms with E-state index in [-0.39, 0.29) is 5.91 Å². The first-order valence-electron chi connectivity index (χ1n) is 6.56. The second-order valence-corrected chi connectivity index (χ2v) is 5.48. The lowest BCUT2D eigenvalue weighted by Gasteiger charge is -2.01. The molecule has 0 aliphatic carbocycles. The second-order valence-electron chi connectivity index (χ2n) is 4.62. The Morgan fingerprint density at radius 2 is 2.14 bits per heavy atom. The number of carbonyl (C=O) groups excluding carboxylic acids is 1. The molecule has 21 heavy (non-hydrogen) atoms. The molecule has 1 amide bonds. The summed E-state index contributed by atoms with van der Waals surface area (Å²) in [5.41, 5.74) is 3.17. The van der Waals surface area contributed by atoms with Gasteiger partial charge in [0.2, 0.25) is 0 Å². The van der Waals surface area contributed by atoms with Crippen molar-refractivity contribution in [2.24, 2.45) is 0 Å². The number of aromatic nitrogens is 1. The van der Waals surface area contributed by atoms with Gasteiger partial charge in [-0.2, -0.15) is 0 Å². The molecule has 2 heterocycles. The predicted molar refractivity (Wildman–Crippen MR) is 82.2 cm³/mol. The number of amides is 1. The summed E-state index contributed by atoms with van der Waals surface area (Å²) >= 11 is 1.58. The van der Waals surface area contributed by atoms with E-state index in [1.54, 1.807) is 23.5 Å². The summed E-state index contributed by atoms with van der Waals surface area (Å²) in [6, 6.07) is 11.5. The zero-order chi connectivity index (χ0) is 14.7. The standard InChI is InChI=1S/C16H14N2O2S/c1-11-5-2-3-6-13(11)16-18-12(10-21-16)9-17-15(19)14-7-4-8-20-14/h2-8,10H,9H2,1H3,(H,17,19). The molecule has 0 saturated heterocycles. The minimum atomic E-state index is -0.231. The molecule has 0 atom stereocenters. The average molecular weight is 298 g/mol. The van der Waals surface area contributed by atoms with Crippen molar-refractivity contribution in [1.82, 2.24) is 10.3 Å². The van der Waals surface area contributed by atoms with E-state index in [0.717, 1.165) is 16.3 Å². The number of hydrogen-bond acceptors (Lipinski definition) is 4. The SMILES string of the molecule is Cc1ccccc1-c1nc(CNC(=O)c2ccco2)cs1. The Kier molecular flexibility index (Phi) is 3.83. The maximum Gasteiger partial charge on any atom is 0.287 e. The van der Waals surface area contributed by atoms with Gasteiger partial charge in [0.1, 0.15) is 5.01 Å². The van der Waals surface area contributed by atoms with E-state index in [1.807, 2.05) is 17.5 Å². The Bertz CT molecular complexity index is 747. The van der Waals surface area contributed by atoms with Crippen LogP contribution in [0.15, 0.2) is 52.5 Å². The molecular formula is C16H14N2O2S. The molecule has 0 saturated carbocycles. The number of rotatable bonds is 4. The largest absolute Gasteiger partial charge is 0.459 e. The van der Waals surface area contributed by atoms with Crippen LogP contribution in [0.3, 0.4) is 0 Å². The Balaban J connectivity index is 1.69. The third-order valence-corrected chi connectivity index (χ3v) is 4.03. The van der Waals surface area contributed by atoms with Crippen LogP contribution in [-0.2, 0) is 6.54 Å². The van der Waals surface area contributed by atoms with Gasteiger partial charge in [-0.15, -0.1) is 11.3 Å². The van der Waals surface area contributed by atoms with Crippen molar-refractivity contribution >= 4 is 17.2 Å². The zero-order valence-electron chi connectivity index (χ0n) is 11.5. The molecule has 0 fully saturated rings. The number of carbonyl (C=O) groups is 1. The number of aryl methyl sites for hydroxylation is 1. The third kappa shape index (κ3) is 3.03. The average Bonchev–Trinajstić information content (AvgIpc) is 3.17. The summed E-state index contributed by atoms with van der Waals surface area (Å²) < 4.78 is 5.04. The lowest BCUT2D eigenvalue weighted by Crippen LogP contribution is -2.22. The van der Waals surface area contributed by atoms with E-state index >= 15 is 0 Å². The van der Waals surface area contributed by atoms with E-state index in [2.05, 4.69) is 29.4 Å². The summed E-state index contributed by atoms with van der Waals surface area (Å²) in [7, 11) is 0. The highest BCUT2D eigenvalue weighted by atomic mass is 32.1. The molecule has 1 aromatic carbocycles. The lowest BCUT2D eigenvalue weighted by molar-refractivity contribution is 0.0922. The topological polar surface area (TPSA) is 55.1 Å². The van der Waals surface area contributed by atoms with Crippen LogP contribution in [0.5, 0.6) is 0 Å². The molecule has 0 bridgehead atoms. The number of nitrogens with zero attached hydrogens (tertiary/aromatic N) is 1. The van der Waals surface area contributed by atoms with Crippen LogP contribution < -0.4 is 5.32 Å². The van der Waals surface area contributed by atoms with Crippen LogP contribution in [0.25, 0.3) is 10.6 Å². The lowest BCUT2D eigenvalue weighted by atomic mass is 10.1. The van der Waals surface area contributed by atoms with E-state index in [4.69, 9.17) is 4.42 Å². The number of furan rings is 1. The molecule has 3 aromatic rings. The first-order chi connectivity index (χ1) is 10.2. The molecule has 0 aliphatic heterocycles. The Morgan fingerprint density at radius 1 is 1.29 bits per heavy atom. The Labute approximate surface area is 126 Å². The number of thiazole rings is 1. The summed E-state index contributed by atoms with van der Waals surface area (Å²) in [4.78, 5) is 16.3. The highest BCUT2D eigenvalue weighted by Gasteiger charge is 2.10. The maximum atomic E-state index is 11.8. The molecule has 0 spiro atoms. The summed E-state index contributed by atoms with van der Waals surface area (Å²) in [6.45, 7) is 2.46. The number of hydrogen-bond donors (Lipinski definition) is 1. The van der Waals surface area contributed by atoms with Crippen molar-refractivity contribution in [3.63, 3.8) is 0 Å². The fraction of sp³-hybridized carbons (Fsp3) is 0.125. The van der Waals surface area contributed by atoms with Gasteiger partial charge in [0.25, 0.3) is 5.91 Å². The smallest absolute Gasteiger partial charge is 0.287 e. The van der Waals surface area contributed by atoms with Crippen molar-refractivity contribution in [3.05, 3.63) is 65.1 Å². The first kappa shape index (κ1) is 13.6. The van der Waals surface area contributed by atoms with Crippen molar-refractivity contribution in [3.8, 4) is 10.6 Å². The maximum absolute atomic E-state index is 11.8. The number of nitrogens with one attached hydrogen (secondary N) is 1. The van der Waals surface area contributed by atoms with Crippen LogP contribution in [-0.4, -0.2) is 10.9 Å². The van der Waals surface area contributed by atoms with Crippen molar-refractivity contribution in [2.75, 3.05) is 0 Å². The van der Waals surface area contributed by atoms with Crippen molar-refractivity contribution in [1.29, 1.82) is 0 Å². The van der Waals surface area contributed by atoms with Gasteiger partial charge in [-0.25, -0.2) is 4.98 Å². The van der Waals surface area contributed by atoms with Gasteiger partial charge in [-0.3, -0.25) is 4.79 Å². The highest BCUT2D eigenvalue weighted by Crippen LogP contribution is 2.26. The fourth-order valence-electron chi connectivity index (χ4n) is 1.99. The minimum Gasteiger partial charge on any atom is -0.459 e. The molecule has 2 aromatic heterocycles. The van der Waals surface area contributed by atoms with Gasteiger partial charge in [0.05, 0.1) is 18.5 Å². The predicted octanol–water partition coefficient (Wildman–Crippen LogP) is 3.64. The van der Waals surface area contributed by atoms with E-state index in [1.165, 1.54) is 11.8 Å². The van der Waals surface area contributed by atoms with Gasteiger partial charge in [0, 0.05) is 10.9 Å². The van der Waals surface area contributed by atoms with Crippen LogP contribution in [0.4, 0.5) is 0 Å². The second kappa shape index (κ2) is 5.93. The molecule has 0 radical (unpaired) electrons. The molecule has 1 N–H and O–H groups in total. The Morgan fingerprint density at radius 3 is 2.90 bits per heavy atom. The molecule has 3 rings (SSSR count). The van der Waals surface area contributed by atoms with Gasteiger partial charge < -0.3 is 9.73 Å². The van der Waals surface area contributed by atoms with Crippen LogP contribution in [0, 0.1) is 6.92 Å². The molecule has 5 heteroatoms. The quantitative estimate of drug-likeness (QED) is 0.800. The monoisotopic (exact) mass is 298 g/mol. The first-order valence-corrected chi connectivity index (χ1v) is 7.44. The van der Waals surface area contributed by atoms with Crippen LogP contribution in [0.2, 0.25) is 0 Å². The highest BCUT2D eigenvalue weighted by molar-refractivity contribution is 7.13. The summed E-state index contributed by atoms with van der Waals surface area (Å²) in [5, 5.41) is 5.72. The summed E-state index contributed by atoms with van der Waals surface area (Å²) in [5.74, 6) is 0.0785. The minimum absolute atomic E-state index is 0.231. The van der Waals surface area contributed by atoms with Gasteiger partial charge in [-0.1, -0.05) is 24.3 Å². The molecule has 4 nitrogen and oxygen atoms in total. The van der Waals surface area contributed by atoms with Gasteiger partial charge in [0.15, 0.2) is 5.76 Å². The molecular weight excluding hydrogens is 284 g/mol. The van der Waals surface area contributed by atoms with Gasteiger partial charge >= 0.3 is 0 Å². The normalized spacial score (nSPS) is 10.5.